The fraction of sp³-hybridized carbons (Fsp3) is 0.500. The van der Waals surface area contributed by atoms with Gasteiger partial charge in [0.05, 0.1) is 5.75 Å². The molecule has 1 aromatic carbocycles. The van der Waals surface area contributed by atoms with Gasteiger partial charge in [0.1, 0.15) is 0 Å². The summed E-state index contributed by atoms with van der Waals surface area (Å²) in [4.78, 5) is 16.7. The van der Waals surface area contributed by atoms with Crippen molar-refractivity contribution in [1.82, 2.24) is 9.80 Å². The van der Waals surface area contributed by atoms with Crippen molar-refractivity contribution in [1.29, 1.82) is 0 Å². The molecule has 0 aliphatic carbocycles. The van der Waals surface area contributed by atoms with Gasteiger partial charge in [0.25, 0.3) is 0 Å². The zero-order valence-corrected chi connectivity index (χ0v) is 12.3. The van der Waals surface area contributed by atoms with Crippen LogP contribution in [0, 0.1) is 11.6 Å². The van der Waals surface area contributed by atoms with Gasteiger partial charge in [-0.15, -0.1) is 11.8 Å². The van der Waals surface area contributed by atoms with Crippen LogP contribution in [0.25, 0.3) is 0 Å². The molecule has 0 radical (unpaired) electrons. The Morgan fingerprint density at radius 1 is 1.20 bits per heavy atom. The lowest BCUT2D eigenvalue weighted by Crippen LogP contribution is -2.49. The monoisotopic (exact) mass is 300 g/mol. The van der Waals surface area contributed by atoms with E-state index in [9.17, 15) is 13.6 Å². The molecule has 1 amide bonds. The second-order valence-corrected chi connectivity index (χ2v) is 5.73. The van der Waals surface area contributed by atoms with Gasteiger partial charge in [-0.25, -0.2) is 8.78 Å². The summed E-state index contributed by atoms with van der Waals surface area (Å²) in [5.74, 6) is -1.43. The maximum Gasteiger partial charge on any atom is 0.233 e. The second kappa shape index (κ2) is 7.04. The number of nitrogens with zero attached hydrogens (tertiary/aromatic N) is 2. The molecule has 0 spiro atoms. The predicted molar refractivity (Wildman–Crippen MR) is 75.8 cm³/mol. The van der Waals surface area contributed by atoms with E-state index >= 15 is 0 Å². The summed E-state index contributed by atoms with van der Waals surface area (Å²) in [5.41, 5.74) is 0. The topological polar surface area (TPSA) is 23.6 Å². The summed E-state index contributed by atoms with van der Waals surface area (Å²) in [7, 11) is 0. The lowest BCUT2D eigenvalue weighted by molar-refractivity contribution is -0.130. The number of rotatable bonds is 4. The molecule has 0 atom stereocenters. The van der Waals surface area contributed by atoms with Gasteiger partial charge in [0.2, 0.25) is 5.91 Å². The number of likely N-dealkylation sites (N-methyl/N-ethyl adjacent to an activating group) is 1. The SMILES string of the molecule is CCN1CCN(C(=O)CSc2ccc(F)c(F)c2)CC1. The molecular formula is C14H18F2N2OS. The third kappa shape index (κ3) is 3.93. The quantitative estimate of drug-likeness (QED) is 0.797. The van der Waals surface area contributed by atoms with Crippen molar-refractivity contribution in [3.63, 3.8) is 0 Å². The van der Waals surface area contributed by atoms with Crippen molar-refractivity contribution in [2.24, 2.45) is 0 Å². The van der Waals surface area contributed by atoms with Crippen molar-refractivity contribution in [3.8, 4) is 0 Å². The van der Waals surface area contributed by atoms with Crippen LogP contribution in [0.3, 0.4) is 0 Å². The highest BCUT2D eigenvalue weighted by Crippen LogP contribution is 2.21. The summed E-state index contributed by atoms with van der Waals surface area (Å²) < 4.78 is 25.8. The smallest absolute Gasteiger partial charge is 0.233 e. The fourth-order valence-corrected chi connectivity index (χ4v) is 2.94. The molecule has 1 aliphatic rings. The number of amides is 1. The minimum Gasteiger partial charge on any atom is -0.339 e. The standard InChI is InChI=1S/C14H18F2N2OS/c1-2-17-5-7-18(8-6-17)14(19)10-20-11-3-4-12(15)13(16)9-11/h3-4,9H,2,5-8,10H2,1H3. The van der Waals surface area contributed by atoms with Gasteiger partial charge in [0.15, 0.2) is 11.6 Å². The van der Waals surface area contributed by atoms with Crippen LogP contribution in [0.1, 0.15) is 6.92 Å². The number of hydrogen-bond donors (Lipinski definition) is 0. The van der Waals surface area contributed by atoms with Crippen molar-refractivity contribution in [3.05, 3.63) is 29.8 Å². The highest BCUT2D eigenvalue weighted by molar-refractivity contribution is 8.00. The number of benzene rings is 1. The first-order chi connectivity index (χ1) is 9.60. The minimum absolute atomic E-state index is 0.0514. The number of piperazine rings is 1. The highest BCUT2D eigenvalue weighted by Gasteiger charge is 2.20. The number of thioether (sulfide) groups is 1. The number of carbonyl (C=O) groups excluding carboxylic acids is 1. The summed E-state index contributed by atoms with van der Waals surface area (Å²) >= 11 is 1.24. The molecule has 1 aromatic rings. The summed E-state index contributed by atoms with van der Waals surface area (Å²) in [6.45, 7) is 6.40. The normalized spacial score (nSPS) is 16.4. The maximum absolute atomic E-state index is 13.1. The molecule has 110 valence electrons. The number of halogens is 2. The van der Waals surface area contributed by atoms with Crippen LogP contribution in [0.5, 0.6) is 0 Å². The van der Waals surface area contributed by atoms with E-state index < -0.39 is 11.6 Å². The van der Waals surface area contributed by atoms with Crippen LogP contribution in [-0.4, -0.2) is 54.2 Å². The van der Waals surface area contributed by atoms with E-state index in [1.807, 2.05) is 4.90 Å². The fourth-order valence-electron chi connectivity index (χ4n) is 2.12. The van der Waals surface area contributed by atoms with Crippen LogP contribution in [0.4, 0.5) is 8.78 Å². The molecule has 1 heterocycles. The Hall–Kier alpha value is -1.14. The Morgan fingerprint density at radius 3 is 2.50 bits per heavy atom. The second-order valence-electron chi connectivity index (χ2n) is 4.68. The van der Waals surface area contributed by atoms with Gasteiger partial charge < -0.3 is 9.80 Å². The van der Waals surface area contributed by atoms with Crippen molar-refractivity contribution >= 4 is 17.7 Å². The molecule has 2 rings (SSSR count). The maximum atomic E-state index is 13.1. The zero-order chi connectivity index (χ0) is 14.5. The summed E-state index contributed by atoms with van der Waals surface area (Å²) in [6.07, 6.45) is 0. The van der Waals surface area contributed by atoms with E-state index in [0.717, 1.165) is 44.9 Å². The van der Waals surface area contributed by atoms with Crippen LogP contribution in [0.2, 0.25) is 0 Å². The minimum atomic E-state index is -0.876. The Labute approximate surface area is 121 Å². The average Bonchev–Trinajstić information content (AvgIpc) is 2.48. The Balaban J connectivity index is 1.81. The molecule has 0 unspecified atom stereocenters. The van der Waals surface area contributed by atoms with Crippen LogP contribution in [0.15, 0.2) is 23.1 Å². The molecule has 20 heavy (non-hydrogen) atoms. The van der Waals surface area contributed by atoms with Crippen LogP contribution in [-0.2, 0) is 4.79 Å². The molecular weight excluding hydrogens is 282 g/mol. The molecule has 0 bridgehead atoms. The largest absolute Gasteiger partial charge is 0.339 e. The molecule has 1 fully saturated rings. The first-order valence-corrected chi connectivity index (χ1v) is 7.66. The number of hydrogen-bond acceptors (Lipinski definition) is 3. The first kappa shape index (κ1) is 15.3. The lowest BCUT2D eigenvalue weighted by atomic mass is 10.3. The Kier molecular flexibility index (Phi) is 5.37. The van der Waals surface area contributed by atoms with E-state index in [0.29, 0.717) is 4.90 Å². The van der Waals surface area contributed by atoms with Crippen molar-refractivity contribution < 1.29 is 13.6 Å². The van der Waals surface area contributed by atoms with Gasteiger partial charge in [-0.2, -0.15) is 0 Å². The first-order valence-electron chi connectivity index (χ1n) is 6.68. The van der Waals surface area contributed by atoms with Crippen molar-refractivity contribution in [2.75, 3.05) is 38.5 Å². The van der Waals surface area contributed by atoms with E-state index in [4.69, 9.17) is 0 Å². The zero-order valence-electron chi connectivity index (χ0n) is 11.4. The predicted octanol–water partition coefficient (Wildman–Crippen LogP) is 2.22. The average molecular weight is 300 g/mol. The molecule has 0 N–H and O–H groups in total. The van der Waals surface area contributed by atoms with Gasteiger partial charge in [-0.05, 0) is 24.7 Å². The third-order valence-corrected chi connectivity index (χ3v) is 4.40. The van der Waals surface area contributed by atoms with Gasteiger partial charge >= 0.3 is 0 Å². The summed E-state index contributed by atoms with van der Waals surface area (Å²) in [5, 5.41) is 0. The molecule has 6 heteroatoms. The van der Waals surface area contributed by atoms with Gasteiger partial charge in [0, 0.05) is 31.1 Å². The molecule has 3 nitrogen and oxygen atoms in total. The van der Waals surface area contributed by atoms with Gasteiger partial charge in [-0.1, -0.05) is 6.92 Å². The Morgan fingerprint density at radius 2 is 1.90 bits per heavy atom. The summed E-state index contributed by atoms with van der Waals surface area (Å²) in [6, 6.07) is 3.70. The van der Waals surface area contributed by atoms with E-state index in [1.54, 1.807) is 0 Å². The molecule has 1 saturated heterocycles. The van der Waals surface area contributed by atoms with Crippen LogP contribution < -0.4 is 0 Å². The Bertz CT molecular complexity index is 476. The molecule has 0 aromatic heterocycles. The molecule has 0 saturated carbocycles. The third-order valence-electron chi connectivity index (χ3n) is 3.43. The van der Waals surface area contributed by atoms with Crippen LogP contribution >= 0.6 is 11.8 Å². The highest BCUT2D eigenvalue weighted by atomic mass is 32.2. The number of carbonyl (C=O) groups is 1. The molecule has 1 aliphatic heterocycles. The lowest BCUT2D eigenvalue weighted by Gasteiger charge is -2.34. The van der Waals surface area contributed by atoms with E-state index in [2.05, 4.69) is 11.8 Å². The van der Waals surface area contributed by atoms with Gasteiger partial charge in [-0.3, -0.25) is 4.79 Å². The van der Waals surface area contributed by atoms with E-state index in [-0.39, 0.29) is 11.7 Å². The van der Waals surface area contributed by atoms with E-state index in [1.165, 1.54) is 17.8 Å². The van der Waals surface area contributed by atoms with Crippen molar-refractivity contribution in [2.45, 2.75) is 11.8 Å².